The van der Waals surface area contributed by atoms with Gasteiger partial charge in [0.1, 0.15) is 0 Å². The molecule has 0 rings (SSSR count). The Labute approximate surface area is 76.9 Å². The quantitative estimate of drug-likeness (QED) is 0.630. The fourth-order valence-electron chi connectivity index (χ4n) is 0.999. The maximum atomic E-state index is 11.7. The first-order chi connectivity index (χ1) is 5.95. The summed E-state index contributed by atoms with van der Waals surface area (Å²) < 4.78 is 35.0. The zero-order valence-electron chi connectivity index (χ0n) is 8.04. The minimum Gasteiger partial charge on any atom is -0.319 e. The monoisotopic (exact) mass is 198 g/mol. The number of hydrogen-bond acceptors (Lipinski definition) is 2. The van der Waals surface area contributed by atoms with Gasteiger partial charge in [-0.3, -0.25) is 0 Å². The number of nitrogens with one attached hydrogen (secondary N) is 2. The summed E-state index contributed by atoms with van der Waals surface area (Å²) in [6.45, 7) is 3.44. The van der Waals surface area contributed by atoms with Crippen molar-refractivity contribution >= 4 is 0 Å². The van der Waals surface area contributed by atoms with Gasteiger partial charge >= 0.3 is 6.18 Å². The Morgan fingerprint density at radius 1 is 1.23 bits per heavy atom. The number of alkyl halides is 3. The molecule has 0 fully saturated rings. The second kappa shape index (κ2) is 6.21. The predicted molar refractivity (Wildman–Crippen MR) is 46.6 cm³/mol. The van der Waals surface area contributed by atoms with Gasteiger partial charge in [0.2, 0.25) is 0 Å². The van der Waals surface area contributed by atoms with Gasteiger partial charge in [-0.05, 0) is 26.1 Å². The van der Waals surface area contributed by atoms with Gasteiger partial charge in [-0.1, -0.05) is 6.92 Å². The lowest BCUT2D eigenvalue weighted by Gasteiger charge is -2.12. The highest BCUT2D eigenvalue weighted by atomic mass is 19.4. The van der Waals surface area contributed by atoms with E-state index >= 15 is 0 Å². The third-order valence-electron chi connectivity index (χ3n) is 1.63. The van der Waals surface area contributed by atoms with E-state index in [-0.39, 0.29) is 6.54 Å². The van der Waals surface area contributed by atoms with Crippen molar-refractivity contribution in [1.82, 2.24) is 10.6 Å². The average Bonchev–Trinajstić information content (AvgIpc) is 1.97. The third-order valence-corrected chi connectivity index (χ3v) is 1.63. The van der Waals surface area contributed by atoms with Gasteiger partial charge < -0.3 is 10.6 Å². The van der Waals surface area contributed by atoms with Crippen molar-refractivity contribution in [2.24, 2.45) is 5.92 Å². The largest absolute Gasteiger partial charge is 0.390 e. The zero-order valence-corrected chi connectivity index (χ0v) is 8.04. The Hall–Kier alpha value is -0.290. The molecule has 13 heavy (non-hydrogen) atoms. The highest BCUT2D eigenvalue weighted by molar-refractivity contribution is 4.60. The molecule has 0 aliphatic rings. The second-order valence-corrected chi connectivity index (χ2v) is 3.23. The standard InChI is InChI=1S/C8H17F3N2/c1-7(5-12-2)6-13-4-3-8(9,10)11/h7,12-13H,3-6H2,1-2H3. The summed E-state index contributed by atoms with van der Waals surface area (Å²) in [5.74, 6) is 0.359. The van der Waals surface area contributed by atoms with E-state index in [1.165, 1.54) is 0 Å². The summed E-state index contributed by atoms with van der Waals surface area (Å²) >= 11 is 0. The SMILES string of the molecule is CNCC(C)CNCCC(F)(F)F. The van der Waals surface area contributed by atoms with E-state index in [4.69, 9.17) is 0 Å². The fourth-order valence-corrected chi connectivity index (χ4v) is 0.999. The van der Waals surface area contributed by atoms with E-state index in [1.54, 1.807) is 0 Å². The summed E-state index contributed by atoms with van der Waals surface area (Å²) in [4.78, 5) is 0. The number of hydrogen-bond donors (Lipinski definition) is 2. The van der Waals surface area contributed by atoms with Crippen molar-refractivity contribution in [3.63, 3.8) is 0 Å². The van der Waals surface area contributed by atoms with Gasteiger partial charge in [0.25, 0.3) is 0 Å². The molecule has 0 aliphatic carbocycles. The molecular weight excluding hydrogens is 181 g/mol. The van der Waals surface area contributed by atoms with Crippen LogP contribution >= 0.6 is 0 Å². The molecule has 0 heterocycles. The summed E-state index contributed by atoms with van der Waals surface area (Å²) in [6.07, 6.45) is -4.79. The summed E-state index contributed by atoms with van der Waals surface area (Å²) in [7, 11) is 1.83. The second-order valence-electron chi connectivity index (χ2n) is 3.23. The highest BCUT2D eigenvalue weighted by Gasteiger charge is 2.25. The molecule has 0 bridgehead atoms. The van der Waals surface area contributed by atoms with Crippen molar-refractivity contribution < 1.29 is 13.2 Å². The van der Waals surface area contributed by atoms with E-state index < -0.39 is 12.6 Å². The first-order valence-electron chi connectivity index (χ1n) is 4.38. The molecule has 80 valence electrons. The predicted octanol–water partition coefficient (Wildman–Crippen LogP) is 1.38. The Kier molecular flexibility index (Phi) is 6.07. The topological polar surface area (TPSA) is 24.1 Å². The molecule has 1 atom stereocenters. The van der Waals surface area contributed by atoms with Crippen LogP contribution in [0.4, 0.5) is 13.2 Å². The molecule has 0 saturated carbocycles. The molecule has 0 aliphatic heterocycles. The van der Waals surface area contributed by atoms with Gasteiger partial charge in [-0.2, -0.15) is 13.2 Å². The minimum atomic E-state index is -4.04. The van der Waals surface area contributed by atoms with Crippen LogP contribution in [0.25, 0.3) is 0 Å². The van der Waals surface area contributed by atoms with Crippen molar-refractivity contribution in [2.75, 3.05) is 26.7 Å². The van der Waals surface area contributed by atoms with E-state index in [0.29, 0.717) is 12.5 Å². The van der Waals surface area contributed by atoms with Crippen molar-refractivity contribution in [3.8, 4) is 0 Å². The average molecular weight is 198 g/mol. The third kappa shape index (κ3) is 9.63. The molecule has 0 saturated heterocycles. The molecule has 0 amide bonds. The first-order valence-corrected chi connectivity index (χ1v) is 4.38. The van der Waals surface area contributed by atoms with Crippen LogP contribution in [0.2, 0.25) is 0 Å². The molecule has 0 spiro atoms. The molecule has 0 aromatic rings. The van der Waals surface area contributed by atoms with Crippen LogP contribution in [0.3, 0.4) is 0 Å². The molecule has 1 unspecified atom stereocenters. The zero-order chi connectivity index (χ0) is 10.3. The van der Waals surface area contributed by atoms with Crippen LogP contribution < -0.4 is 10.6 Å². The van der Waals surface area contributed by atoms with Gasteiger partial charge in [-0.25, -0.2) is 0 Å². The normalized spacial score (nSPS) is 14.5. The first kappa shape index (κ1) is 12.7. The Balaban J connectivity index is 3.25. The molecule has 2 N–H and O–H groups in total. The maximum Gasteiger partial charge on any atom is 0.390 e. The van der Waals surface area contributed by atoms with E-state index in [9.17, 15) is 13.2 Å². The van der Waals surface area contributed by atoms with Crippen LogP contribution in [0.15, 0.2) is 0 Å². The Morgan fingerprint density at radius 3 is 2.31 bits per heavy atom. The van der Waals surface area contributed by atoms with Gasteiger partial charge in [0.05, 0.1) is 6.42 Å². The molecule has 0 aromatic heterocycles. The number of rotatable bonds is 6. The summed E-state index contributed by atoms with van der Waals surface area (Å²) in [6, 6.07) is 0. The van der Waals surface area contributed by atoms with Crippen molar-refractivity contribution in [3.05, 3.63) is 0 Å². The Bertz CT molecular complexity index is 125. The lowest BCUT2D eigenvalue weighted by atomic mass is 10.2. The lowest BCUT2D eigenvalue weighted by Crippen LogP contribution is -2.30. The fraction of sp³-hybridized carbons (Fsp3) is 1.00. The van der Waals surface area contributed by atoms with Crippen LogP contribution in [0.5, 0.6) is 0 Å². The lowest BCUT2D eigenvalue weighted by molar-refractivity contribution is -0.133. The van der Waals surface area contributed by atoms with Crippen LogP contribution in [0, 0.1) is 5.92 Å². The minimum absolute atomic E-state index is 0.0115. The van der Waals surface area contributed by atoms with E-state index in [0.717, 1.165) is 6.54 Å². The molecule has 0 aromatic carbocycles. The highest BCUT2D eigenvalue weighted by Crippen LogP contribution is 2.18. The van der Waals surface area contributed by atoms with E-state index in [2.05, 4.69) is 10.6 Å². The Morgan fingerprint density at radius 2 is 1.85 bits per heavy atom. The van der Waals surface area contributed by atoms with Crippen LogP contribution in [-0.2, 0) is 0 Å². The number of halogens is 3. The molecular formula is C8H17F3N2. The molecule has 2 nitrogen and oxygen atoms in total. The van der Waals surface area contributed by atoms with Gasteiger partial charge in [0, 0.05) is 6.54 Å². The van der Waals surface area contributed by atoms with Crippen LogP contribution in [0.1, 0.15) is 13.3 Å². The van der Waals surface area contributed by atoms with Crippen molar-refractivity contribution in [1.29, 1.82) is 0 Å². The van der Waals surface area contributed by atoms with Gasteiger partial charge in [-0.15, -0.1) is 0 Å². The van der Waals surface area contributed by atoms with Gasteiger partial charge in [0.15, 0.2) is 0 Å². The summed E-state index contributed by atoms with van der Waals surface area (Å²) in [5, 5.41) is 5.73. The van der Waals surface area contributed by atoms with E-state index in [1.807, 2.05) is 14.0 Å². The molecule has 5 heteroatoms. The maximum absolute atomic E-state index is 11.7. The van der Waals surface area contributed by atoms with Crippen molar-refractivity contribution in [2.45, 2.75) is 19.5 Å². The summed E-state index contributed by atoms with van der Waals surface area (Å²) in [5.41, 5.74) is 0. The smallest absolute Gasteiger partial charge is 0.319 e. The molecule has 0 radical (unpaired) electrons. The van der Waals surface area contributed by atoms with Crippen LogP contribution in [-0.4, -0.2) is 32.9 Å².